The zero-order valence-corrected chi connectivity index (χ0v) is 7.08. The van der Waals surface area contributed by atoms with Crippen molar-refractivity contribution >= 4 is 6.47 Å². The molecule has 0 atom stereocenters. The Labute approximate surface area is 68.2 Å². The van der Waals surface area contributed by atoms with E-state index in [1.165, 1.54) is 25.7 Å². The molecule has 0 fully saturated rings. The van der Waals surface area contributed by atoms with Gasteiger partial charge < -0.3 is 4.74 Å². The van der Waals surface area contributed by atoms with Crippen LogP contribution in [0.25, 0.3) is 0 Å². The molecule has 0 saturated heterocycles. The van der Waals surface area contributed by atoms with Gasteiger partial charge >= 0.3 is 0 Å². The van der Waals surface area contributed by atoms with Gasteiger partial charge in [0, 0.05) is 0 Å². The number of hydrogen-bond donors (Lipinski definition) is 0. The number of hydrogen-bond acceptors (Lipinski definition) is 2. The molecule has 0 aromatic rings. The molecule has 0 heterocycles. The summed E-state index contributed by atoms with van der Waals surface area (Å²) in [6, 6.07) is 0. The third-order valence-electron chi connectivity index (χ3n) is 1.39. The molecule has 0 amide bonds. The fourth-order valence-electron chi connectivity index (χ4n) is 0.828. The predicted octanol–water partition coefficient (Wildman–Crippen LogP) is 2.30. The largest absolute Gasteiger partial charge is 0.468 e. The second-order valence-corrected chi connectivity index (χ2v) is 2.31. The van der Waals surface area contributed by atoms with E-state index in [1.54, 1.807) is 6.92 Å². The molecule has 0 spiro atoms. The van der Waals surface area contributed by atoms with E-state index in [1.807, 2.05) is 0 Å². The number of ether oxygens (including phenoxy) is 1. The van der Waals surface area contributed by atoms with Gasteiger partial charge in [0.15, 0.2) is 0 Å². The first-order valence-electron chi connectivity index (χ1n) is 4.12. The second kappa shape index (κ2) is 9.21. The maximum Gasteiger partial charge on any atom is 0.293 e. The molecular formula is C9H16O2. The first kappa shape index (κ1) is 10.2. The van der Waals surface area contributed by atoms with Gasteiger partial charge in [-0.2, -0.15) is 0 Å². The summed E-state index contributed by atoms with van der Waals surface area (Å²) in [6.45, 7) is 2.66. The van der Waals surface area contributed by atoms with Gasteiger partial charge in [0.05, 0.1) is 6.61 Å². The van der Waals surface area contributed by atoms with Crippen LogP contribution in [0.15, 0.2) is 12.2 Å². The Bertz CT molecular complexity index is 100. The molecule has 2 heteroatoms. The molecule has 0 unspecified atom stereocenters. The fraction of sp³-hybridized carbons (Fsp3) is 0.667. The van der Waals surface area contributed by atoms with Crippen molar-refractivity contribution in [3.63, 3.8) is 0 Å². The van der Waals surface area contributed by atoms with E-state index in [9.17, 15) is 4.79 Å². The van der Waals surface area contributed by atoms with Crippen molar-refractivity contribution in [2.24, 2.45) is 0 Å². The maximum absolute atomic E-state index is 9.18. The average Bonchev–Trinajstić information content (AvgIpc) is 2.10. The molecule has 0 N–H and O–H groups in total. The Hall–Kier alpha value is -0.790. The van der Waals surface area contributed by atoms with Crippen molar-refractivity contribution in [1.29, 1.82) is 0 Å². The van der Waals surface area contributed by atoms with E-state index in [2.05, 4.69) is 16.9 Å². The van der Waals surface area contributed by atoms with Crippen LogP contribution >= 0.6 is 0 Å². The highest BCUT2D eigenvalue weighted by Gasteiger charge is 1.87. The lowest BCUT2D eigenvalue weighted by molar-refractivity contribution is -0.128. The van der Waals surface area contributed by atoms with Crippen LogP contribution in [-0.4, -0.2) is 13.1 Å². The average molecular weight is 156 g/mol. The standard InChI is InChI=1S/C6H10.C3H6O2/c1-2-4-6-5-3-1;1-2-5-3-4/h1-2H,3-6H2;3H,2H2,1H3. The van der Waals surface area contributed by atoms with Crippen molar-refractivity contribution in [3.05, 3.63) is 12.2 Å². The molecule has 0 aromatic heterocycles. The highest BCUT2D eigenvalue weighted by atomic mass is 16.5. The first-order chi connectivity index (χ1) is 5.41. The Morgan fingerprint density at radius 1 is 1.36 bits per heavy atom. The molecule has 0 aromatic carbocycles. The highest BCUT2D eigenvalue weighted by Crippen LogP contribution is 2.07. The van der Waals surface area contributed by atoms with E-state index in [0.29, 0.717) is 13.1 Å². The molecule has 1 aliphatic carbocycles. The number of allylic oxidation sites excluding steroid dienone is 2. The van der Waals surface area contributed by atoms with Crippen molar-refractivity contribution in [1.82, 2.24) is 0 Å². The Morgan fingerprint density at radius 3 is 2.00 bits per heavy atom. The lowest BCUT2D eigenvalue weighted by Gasteiger charge is -1.97. The fourth-order valence-corrected chi connectivity index (χ4v) is 0.828. The van der Waals surface area contributed by atoms with Crippen LogP contribution in [-0.2, 0) is 9.53 Å². The number of rotatable bonds is 2. The molecular weight excluding hydrogens is 140 g/mol. The van der Waals surface area contributed by atoms with Crippen LogP contribution in [0, 0.1) is 0 Å². The molecule has 11 heavy (non-hydrogen) atoms. The summed E-state index contributed by atoms with van der Waals surface area (Å²) in [5, 5.41) is 0. The van der Waals surface area contributed by atoms with Crippen LogP contribution < -0.4 is 0 Å². The van der Waals surface area contributed by atoms with Crippen LogP contribution in [0.1, 0.15) is 32.6 Å². The van der Waals surface area contributed by atoms with Gasteiger partial charge in [-0.1, -0.05) is 12.2 Å². The first-order valence-corrected chi connectivity index (χ1v) is 4.12. The lowest BCUT2D eigenvalue weighted by Crippen LogP contribution is -1.80. The smallest absolute Gasteiger partial charge is 0.293 e. The van der Waals surface area contributed by atoms with Crippen molar-refractivity contribution in [2.45, 2.75) is 32.6 Å². The molecule has 0 saturated carbocycles. The molecule has 0 bridgehead atoms. The minimum absolute atomic E-state index is 0.431. The molecule has 1 aliphatic rings. The summed E-state index contributed by atoms with van der Waals surface area (Å²) < 4.78 is 4.15. The highest BCUT2D eigenvalue weighted by molar-refractivity contribution is 5.36. The van der Waals surface area contributed by atoms with E-state index in [0.717, 1.165) is 0 Å². The summed E-state index contributed by atoms with van der Waals surface area (Å²) >= 11 is 0. The van der Waals surface area contributed by atoms with Gasteiger partial charge in [0.2, 0.25) is 0 Å². The third kappa shape index (κ3) is 9.21. The predicted molar refractivity (Wildman–Crippen MR) is 45.3 cm³/mol. The summed E-state index contributed by atoms with van der Waals surface area (Å²) in [7, 11) is 0. The Morgan fingerprint density at radius 2 is 1.91 bits per heavy atom. The molecule has 2 nitrogen and oxygen atoms in total. The summed E-state index contributed by atoms with van der Waals surface area (Å²) in [4.78, 5) is 9.18. The summed E-state index contributed by atoms with van der Waals surface area (Å²) in [6.07, 6.45) is 10.0. The zero-order valence-electron chi connectivity index (χ0n) is 7.08. The van der Waals surface area contributed by atoms with E-state index in [4.69, 9.17) is 0 Å². The number of carbonyl (C=O) groups is 1. The minimum Gasteiger partial charge on any atom is -0.468 e. The van der Waals surface area contributed by atoms with Crippen LogP contribution in [0.4, 0.5) is 0 Å². The van der Waals surface area contributed by atoms with Crippen molar-refractivity contribution < 1.29 is 9.53 Å². The van der Waals surface area contributed by atoms with E-state index in [-0.39, 0.29) is 0 Å². The normalized spacial score (nSPS) is 14.6. The van der Waals surface area contributed by atoms with Gasteiger partial charge in [-0.3, -0.25) is 4.79 Å². The van der Waals surface area contributed by atoms with Crippen molar-refractivity contribution in [3.8, 4) is 0 Å². The van der Waals surface area contributed by atoms with Crippen LogP contribution in [0.2, 0.25) is 0 Å². The quantitative estimate of drug-likeness (QED) is 0.453. The van der Waals surface area contributed by atoms with E-state index < -0.39 is 0 Å². The molecule has 1 rings (SSSR count). The zero-order chi connectivity index (χ0) is 8.36. The van der Waals surface area contributed by atoms with Crippen LogP contribution in [0.3, 0.4) is 0 Å². The van der Waals surface area contributed by atoms with Gasteiger partial charge in [0.1, 0.15) is 0 Å². The van der Waals surface area contributed by atoms with Gasteiger partial charge in [0.25, 0.3) is 6.47 Å². The van der Waals surface area contributed by atoms with E-state index >= 15 is 0 Å². The van der Waals surface area contributed by atoms with Gasteiger partial charge in [-0.25, -0.2) is 0 Å². The molecule has 0 aliphatic heterocycles. The van der Waals surface area contributed by atoms with Gasteiger partial charge in [-0.05, 0) is 32.6 Å². The van der Waals surface area contributed by atoms with Crippen molar-refractivity contribution in [2.75, 3.05) is 6.61 Å². The third-order valence-corrected chi connectivity index (χ3v) is 1.39. The monoisotopic (exact) mass is 156 g/mol. The van der Waals surface area contributed by atoms with Crippen LogP contribution in [0.5, 0.6) is 0 Å². The Kier molecular flexibility index (Phi) is 8.55. The lowest BCUT2D eigenvalue weighted by atomic mass is 10.1. The molecule has 64 valence electrons. The maximum atomic E-state index is 9.18. The topological polar surface area (TPSA) is 26.3 Å². The molecule has 0 radical (unpaired) electrons. The SMILES string of the molecule is C1=CCCCC1.CCOC=O. The Balaban J connectivity index is 0.000000187. The number of carbonyl (C=O) groups excluding carboxylic acids is 1. The van der Waals surface area contributed by atoms with Gasteiger partial charge in [-0.15, -0.1) is 0 Å². The second-order valence-electron chi connectivity index (χ2n) is 2.31. The minimum atomic E-state index is 0.431. The summed E-state index contributed by atoms with van der Waals surface area (Å²) in [5.41, 5.74) is 0. The summed E-state index contributed by atoms with van der Waals surface area (Å²) in [5.74, 6) is 0.